The van der Waals surface area contributed by atoms with Gasteiger partial charge in [-0.2, -0.15) is 0 Å². The van der Waals surface area contributed by atoms with Crippen molar-refractivity contribution in [3.05, 3.63) is 50.9 Å². The van der Waals surface area contributed by atoms with Crippen LogP contribution in [0.25, 0.3) is 0 Å². The van der Waals surface area contributed by atoms with Gasteiger partial charge in [-0.1, -0.05) is 15.9 Å². The molecule has 0 atom stereocenters. The maximum atomic E-state index is 12.5. The van der Waals surface area contributed by atoms with E-state index >= 15 is 0 Å². The van der Waals surface area contributed by atoms with E-state index in [1.165, 1.54) is 0 Å². The van der Waals surface area contributed by atoms with Crippen molar-refractivity contribution >= 4 is 47.6 Å². The van der Waals surface area contributed by atoms with Crippen LogP contribution in [0.4, 0.5) is 5.69 Å². The lowest BCUT2D eigenvalue weighted by molar-refractivity contribution is 0.357. The van der Waals surface area contributed by atoms with E-state index in [1.54, 1.807) is 30.3 Å². The molecule has 110 valence electrons. The van der Waals surface area contributed by atoms with Crippen LogP contribution >= 0.6 is 31.9 Å². The first-order valence-electron chi connectivity index (χ1n) is 6.19. The summed E-state index contributed by atoms with van der Waals surface area (Å²) in [6, 6.07) is 10.3. The summed E-state index contributed by atoms with van der Waals surface area (Å²) in [6.45, 7) is 0.642. The second kappa shape index (κ2) is 5.62. The standard InChI is InChI=1S/C14H11Br2NO3S/c15-10-1-3-12(16)14(8-10)21(18,19)17-11-2-4-13-9(7-11)5-6-20-13/h1-4,7-8,17H,5-6H2. The summed E-state index contributed by atoms with van der Waals surface area (Å²) in [5.41, 5.74) is 1.55. The minimum atomic E-state index is -3.65. The largest absolute Gasteiger partial charge is 0.493 e. The fourth-order valence-electron chi connectivity index (χ4n) is 2.14. The van der Waals surface area contributed by atoms with E-state index in [4.69, 9.17) is 4.74 Å². The lowest BCUT2D eigenvalue weighted by atomic mass is 10.1. The van der Waals surface area contributed by atoms with Gasteiger partial charge in [0.2, 0.25) is 0 Å². The number of hydrogen-bond donors (Lipinski definition) is 1. The van der Waals surface area contributed by atoms with Crippen molar-refractivity contribution in [2.75, 3.05) is 11.3 Å². The smallest absolute Gasteiger partial charge is 0.263 e. The van der Waals surface area contributed by atoms with Crippen LogP contribution in [0.2, 0.25) is 0 Å². The zero-order chi connectivity index (χ0) is 15.0. The summed E-state index contributed by atoms with van der Waals surface area (Å²) in [5.74, 6) is 0.821. The van der Waals surface area contributed by atoms with Gasteiger partial charge in [0.05, 0.1) is 6.61 Å². The predicted molar refractivity (Wildman–Crippen MR) is 88.3 cm³/mol. The highest BCUT2D eigenvalue weighted by atomic mass is 79.9. The van der Waals surface area contributed by atoms with Crippen LogP contribution in [0.1, 0.15) is 5.56 Å². The summed E-state index contributed by atoms with van der Waals surface area (Å²) in [7, 11) is -3.65. The first-order chi connectivity index (χ1) is 9.95. The van der Waals surface area contributed by atoms with Gasteiger partial charge in [0.15, 0.2) is 0 Å². The van der Waals surface area contributed by atoms with Crippen molar-refractivity contribution in [2.24, 2.45) is 0 Å². The van der Waals surface area contributed by atoms with Crippen LogP contribution < -0.4 is 9.46 Å². The minimum Gasteiger partial charge on any atom is -0.493 e. The molecule has 21 heavy (non-hydrogen) atoms. The number of anilines is 1. The monoisotopic (exact) mass is 431 g/mol. The maximum absolute atomic E-state index is 12.5. The second-order valence-corrected chi connectivity index (χ2v) is 8.02. The molecule has 7 heteroatoms. The molecule has 0 spiro atoms. The summed E-state index contributed by atoms with van der Waals surface area (Å²) >= 11 is 6.55. The van der Waals surface area contributed by atoms with E-state index in [1.807, 2.05) is 6.07 Å². The average molecular weight is 433 g/mol. The van der Waals surface area contributed by atoms with Crippen molar-refractivity contribution in [3.8, 4) is 5.75 Å². The second-order valence-electron chi connectivity index (χ2n) is 4.60. The van der Waals surface area contributed by atoms with E-state index in [2.05, 4.69) is 36.6 Å². The van der Waals surface area contributed by atoms with Gasteiger partial charge in [0.25, 0.3) is 10.0 Å². The SMILES string of the molecule is O=S(=O)(Nc1ccc2c(c1)CCO2)c1cc(Br)ccc1Br. The third-order valence-electron chi connectivity index (χ3n) is 3.12. The molecule has 0 aromatic heterocycles. The normalized spacial score (nSPS) is 13.6. The molecule has 2 aromatic rings. The van der Waals surface area contributed by atoms with Gasteiger partial charge >= 0.3 is 0 Å². The molecule has 1 aliphatic rings. The molecule has 0 bridgehead atoms. The lowest BCUT2D eigenvalue weighted by Gasteiger charge is -2.11. The van der Waals surface area contributed by atoms with Gasteiger partial charge in [0.1, 0.15) is 10.6 Å². The highest BCUT2D eigenvalue weighted by Crippen LogP contribution is 2.31. The molecule has 1 heterocycles. The van der Waals surface area contributed by atoms with E-state index < -0.39 is 10.0 Å². The highest BCUT2D eigenvalue weighted by Gasteiger charge is 2.20. The Labute approximate surface area is 139 Å². The van der Waals surface area contributed by atoms with Gasteiger partial charge in [-0.05, 0) is 57.9 Å². The number of rotatable bonds is 3. The summed E-state index contributed by atoms with van der Waals surface area (Å²) in [4.78, 5) is 0.189. The Balaban J connectivity index is 1.94. The summed E-state index contributed by atoms with van der Waals surface area (Å²) < 4.78 is 34.2. The number of ether oxygens (including phenoxy) is 1. The number of hydrogen-bond acceptors (Lipinski definition) is 3. The van der Waals surface area contributed by atoms with Crippen LogP contribution in [-0.4, -0.2) is 15.0 Å². The Morgan fingerprint density at radius 2 is 1.90 bits per heavy atom. The number of benzene rings is 2. The van der Waals surface area contributed by atoms with Gasteiger partial charge < -0.3 is 4.74 Å². The van der Waals surface area contributed by atoms with Crippen LogP contribution in [0.3, 0.4) is 0 Å². The Morgan fingerprint density at radius 3 is 2.71 bits per heavy atom. The molecule has 0 fully saturated rings. The number of sulfonamides is 1. The Hall–Kier alpha value is -1.05. The molecular formula is C14H11Br2NO3S. The zero-order valence-electron chi connectivity index (χ0n) is 10.8. The molecule has 0 saturated carbocycles. The van der Waals surface area contributed by atoms with Crippen molar-refractivity contribution < 1.29 is 13.2 Å². The van der Waals surface area contributed by atoms with Crippen molar-refractivity contribution in [2.45, 2.75) is 11.3 Å². The number of halogens is 2. The Kier molecular flexibility index (Phi) is 3.98. The Bertz CT molecular complexity index is 806. The number of fused-ring (bicyclic) bond motifs is 1. The lowest BCUT2D eigenvalue weighted by Crippen LogP contribution is -2.13. The predicted octanol–water partition coefficient (Wildman–Crippen LogP) is 3.95. The fourth-order valence-corrected chi connectivity index (χ4v) is 4.70. The van der Waals surface area contributed by atoms with Crippen LogP contribution in [-0.2, 0) is 16.4 Å². The first-order valence-corrected chi connectivity index (χ1v) is 9.26. The molecule has 0 amide bonds. The zero-order valence-corrected chi connectivity index (χ0v) is 14.8. The van der Waals surface area contributed by atoms with Crippen LogP contribution in [0.5, 0.6) is 5.75 Å². The van der Waals surface area contributed by atoms with Crippen molar-refractivity contribution in [3.63, 3.8) is 0 Å². The van der Waals surface area contributed by atoms with Gasteiger partial charge in [-0.3, -0.25) is 4.72 Å². The van der Waals surface area contributed by atoms with Gasteiger partial charge in [-0.25, -0.2) is 8.42 Å². The van der Waals surface area contributed by atoms with Gasteiger partial charge in [0, 0.05) is 21.1 Å². The molecule has 0 aliphatic carbocycles. The maximum Gasteiger partial charge on any atom is 0.263 e. The third-order valence-corrected chi connectivity index (χ3v) is 5.99. The summed E-state index contributed by atoms with van der Waals surface area (Å²) in [6.07, 6.45) is 0.797. The molecule has 1 aliphatic heterocycles. The van der Waals surface area contributed by atoms with Crippen molar-refractivity contribution in [1.82, 2.24) is 0 Å². The van der Waals surface area contributed by atoms with Crippen LogP contribution in [0.15, 0.2) is 50.2 Å². The van der Waals surface area contributed by atoms with E-state index in [-0.39, 0.29) is 4.90 Å². The summed E-state index contributed by atoms with van der Waals surface area (Å²) in [5, 5.41) is 0. The van der Waals surface area contributed by atoms with Crippen molar-refractivity contribution in [1.29, 1.82) is 0 Å². The van der Waals surface area contributed by atoms with Gasteiger partial charge in [-0.15, -0.1) is 0 Å². The highest BCUT2D eigenvalue weighted by molar-refractivity contribution is 9.11. The quantitative estimate of drug-likeness (QED) is 0.798. The van der Waals surface area contributed by atoms with E-state index in [9.17, 15) is 8.42 Å². The minimum absolute atomic E-state index is 0.189. The van der Waals surface area contributed by atoms with E-state index in [0.29, 0.717) is 21.2 Å². The Morgan fingerprint density at radius 1 is 1.10 bits per heavy atom. The first kappa shape index (κ1) is 14.9. The molecule has 1 N–H and O–H groups in total. The van der Waals surface area contributed by atoms with E-state index in [0.717, 1.165) is 17.7 Å². The topological polar surface area (TPSA) is 55.4 Å². The molecule has 0 radical (unpaired) electrons. The molecular weight excluding hydrogens is 422 g/mol. The molecule has 0 saturated heterocycles. The average Bonchev–Trinajstić information content (AvgIpc) is 2.88. The third kappa shape index (κ3) is 3.09. The molecule has 3 rings (SSSR count). The molecule has 0 unspecified atom stereocenters. The molecule has 2 aromatic carbocycles. The number of nitrogens with one attached hydrogen (secondary N) is 1. The van der Waals surface area contributed by atoms with Crippen LogP contribution in [0, 0.1) is 0 Å². The molecule has 4 nitrogen and oxygen atoms in total. The fraction of sp³-hybridized carbons (Fsp3) is 0.143.